The standard InChI is InChI=1S/C13H11Cl2NO2/c14-8-4-5-9(15)12-10(8)6-2-1-3-7(6)11(16-12)13(17)18/h1-2,4-7,11,16H,3H2,(H,17,18)/t6-,7+,11+/m0/s1. The number of hydrogen-bond acceptors (Lipinski definition) is 2. The molecule has 1 aliphatic carbocycles. The van der Waals surface area contributed by atoms with Crippen LogP contribution >= 0.6 is 23.2 Å². The lowest BCUT2D eigenvalue weighted by Gasteiger charge is -2.35. The minimum Gasteiger partial charge on any atom is -0.480 e. The number of hydrogen-bond donors (Lipinski definition) is 2. The van der Waals surface area contributed by atoms with E-state index in [-0.39, 0.29) is 11.8 Å². The van der Waals surface area contributed by atoms with Gasteiger partial charge in [0.25, 0.3) is 0 Å². The summed E-state index contributed by atoms with van der Waals surface area (Å²) < 4.78 is 0. The predicted molar refractivity (Wildman–Crippen MR) is 71.5 cm³/mol. The SMILES string of the molecule is O=C(O)[C@@H]1Nc2c(Cl)ccc(Cl)c2[C@H]2C=CC[C@H]21. The molecule has 3 rings (SSSR count). The number of carboxylic acids is 1. The van der Waals surface area contributed by atoms with Crippen molar-refractivity contribution < 1.29 is 9.90 Å². The number of carbonyl (C=O) groups is 1. The van der Waals surface area contributed by atoms with Crippen molar-refractivity contribution in [2.75, 3.05) is 5.32 Å². The lowest BCUT2D eigenvalue weighted by atomic mass is 9.79. The number of fused-ring (bicyclic) bond motifs is 3. The summed E-state index contributed by atoms with van der Waals surface area (Å²) in [7, 11) is 0. The first-order chi connectivity index (χ1) is 8.59. The normalized spacial score (nSPS) is 28.4. The molecule has 5 heteroatoms. The van der Waals surface area contributed by atoms with Crippen LogP contribution in [0, 0.1) is 5.92 Å². The first kappa shape index (κ1) is 11.9. The molecule has 94 valence electrons. The number of aliphatic carboxylic acids is 1. The number of allylic oxidation sites excluding steroid dienone is 2. The summed E-state index contributed by atoms with van der Waals surface area (Å²) >= 11 is 12.4. The van der Waals surface area contributed by atoms with E-state index in [1.54, 1.807) is 12.1 Å². The van der Waals surface area contributed by atoms with Crippen molar-refractivity contribution in [3.63, 3.8) is 0 Å². The molecule has 3 nitrogen and oxygen atoms in total. The Morgan fingerprint density at radius 2 is 2.06 bits per heavy atom. The molecule has 1 aromatic carbocycles. The molecule has 0 saturated carbocycles. The van der Waals surface area contributed by atoms with Crippen LogP contribution in [0.2, 0.25) is 10.0 Å². The summed E-state index contributed by atoms with van der Waals surface area (Å²) in [5.41, 5.74) is 1.57. The van der Waals surface area contributed by atoms with Crippen molar-refractivity contribution in [3.8, 4) is 0 Å². The third-order valence-electron chi connectivity index (χ3n) is 3.68. The molecule has 0 aromatic heterocycles. The van der Waals surface area contributed by atoms with Crippen LogP contribution in [-0.4, -0.2) is 17.1 Å². The average molecular weight is 284 g/mol. The molecule has 3 atom stereocenters. The molecule has 1 aromatic rings. The minimum atomic E-state index is -0.851. The Balaban J connectivity index is 2.17. The van der Waals surface area contributed by atoms with Gasteiger partial charge < -0.3 is 10.4 Å². The van der Waals surface area contributed by atoms with Gasteiger partial charge in [-0.3, -0.25) is 0 Å². The maximum atomic E-state index is 11.3. The van der Waals surface area contributed by atoms with Crippen molar-refractivity contribution in [1.29, 1.82) is 0 Å². The topological polar surface area (TPSA) is 49.3 Å². The fraction of sp³-hybridized carbons (Fsp3) is 0.308. The van der Waals surface area contributed by atoms with Crippen molar-refractivity contribution in [2.45, 2.75) is 18.4 Å². The van der Waals surface area contributed by atoms with E-state index >= 15 is 0 Å². The van der Waals surface area contributed by atoms with Crippen molar-refractivity contribution >= 4 is 34.9 Å². The fourth-order valence-electron chi connectivity index (χ4n) is 2.87. The van der Waals surface area contributed by atoms with E-state index in [9.17, 15) is 9.90 Å². The van der Waals surface area contributed by atoms with Gasteiger partial charge in [-0.2, -0.15) is 0 Å². The predicted octanol–water partition coefficient (Wildman–Crippen LogP) is 3.53. The van der Waals surface area contributed by atoms with E-state index < -0.39 is 12.0 Å². The Bertz CT molecular complexity index is 556. The monoisotopic (exact) mass is 283 g/mol. The van der Waals surface area contributed by atoms with E-state index in [1.807, 2.05) is 12.2 Å². The van der Waals surface area contributed by atoms with Gasteiger partial charge in [0, 0.05) is 22.4 Å². The van der Waals surface area contributed by atoms with Crippen LogP contribution in [-0.2, 0) is 4.79 Å². The first-order valence-corrected chi connectivity index (χ1v) is 6.49. The molecule has 0 fully saturated rings. The smallest absolute Gasteiger partial charge is 0.326 e. The quantitative estimate of drug-likeness (QED) is 0.775. The molecule has 0 radical (unpaired) electrons. The lowest BCUT2D eigenvalue weighted by molar-refractivity contribution is -0.139. The molecule has 2 N–H and O–H groups in total. The highest BCUT2D eigenvalue weighted by atomic mass is 35.5. The van der Waals surface area contributed by atoms with Gasteiger partial charge in [-0.05, 0) is 18.6 Å². The Labute approximate surface area is 114 Å². The van der Waals surface area contributed by atoms with Crippen LogP contribution in [0.15, 0.2) is 24.3 Å². The molecule has 0 saturated heterocycles. The number of rotatable bonds is 1. The van der Waals surface area contributed by atoms with Crippen LogP contribution in [0.25, 0.3) is 0 Å². The van der Waals surface area contributed by atoms with Crippen molar-refractivity contribution in [3.05, 3.63) is 39.9 Å². The Morgan fingerprint density at radius 3 is 2.78 bits per heavy atom. The second kappa shape index (κ2) is 4.18. The maximum Gasteiger partial charge on any atom is 0.326 e. The van der Waals surface area contributed by atoms with E-state index in [0.29, 0.717) is 15.7 Å². The first-order valence-electron chi connectivity index (χ1n) is 5.73. The van der Waals surface area contributed by atoms with E-state index in [0.717, 1.165) is 12.0 Å². The van der Waals surface area contributed by atoms with Gasteiger partial charge in [0.1, 0.15) is 6.04 Å². The molecule has 1 aliphatic heterocycles. The van der Waals surface area contributed by atoms with Gasteiger partial charge in [-0.1, -0.05) is 35.4 Å². The van der Waals surface area contributed by atoms with Crippen LogP contribution in [0.5, 0.6) is 0 Å². The van der Waals surface area contributed by atoms with Crippen LogP contribution in [0.1, 0.15) is 17.9 Å². The van der Waals surface area contributed by atoms with E-state index in [4.69, 9.17) is 23.2 Å². The van der Waals surface area contributed by atoms with Crippen molar-refractivity contribution in [2.24, 2.45) is 5.92 Å². The van der Waals surface area contributed by atoms with E-state index in [2.05, 4.69) is 5.32 Å². The summed E-state index contributed by atoms with van der Waals surface area (Å²) in [5.74, 6) is -0.810. The number of benzene rings is 1. The molecule has 0 bridgehead atoms. The molecular formula is C13H11Cl2NO2. The highest BCUT2D eigenvalue weighted by Crippen LogP contribution is 2.49. The zero-order valence-corrected chi connectivity index (χ0v) is 10.9. The molecule has 1 heterocycles. The molecule has 0 amide bonds. The second-order valence-corrected chi connectivity index (χ2v) is 5.45. The summed E-state index contributed by atoms with van der Waals surface area (Å²) in [4.78, 5) is 11.3. The number of nitrogens with one attached hydrogen (secondary N) is 1. The van der Waals surface area contributed by atoms with Gasteiger partial charge in [-0.15, -0.1) is 0 Å². The minimum absolute atomic E-state index is 0.00552. The Kier molecular flexibility index (Phi) is 2.76. The summed E-state index contributed by atoms with van der Waals surface area (Å²) in [6.07, 6.45) is 4.79. The van der Waals surface area contributed by atoms with E-state index in [1.165, 1.54) is 0 Å². The van der Waals surface area contributed by atoms with Gasteiger partial charge in [0.05, 0.1) is 10.7 Å². The highest BCUT2D eigenvalue weighted by Gasteiger charge is 2.42. The fourth-order valence-corrected chi connectivity index (χ4v) is 3.38. The summed E-state index contributed by atoms with van der Waals surface area (Å²) in [6, 6.07) is 2.83. The van der Waals surface area contributed by atoms with Gasteiger partial charge >= 0.3 is 5.97 Å². The molecule has 0 unspecified atom stereocenters. The van der Waals surface area contributed by atoms with Crippen LogP contribution < -0.4 is 5.32 Å². The largest absolute Gasteiger partial charge is 0.480 e. The lowest BCUT2D eigenvalue weighted by Crippen LogP contribution is -2.42. The number of carboxylic acid groups (broad SMARTS) is 1. The summed E-state index contributed by atoms with van der Waals surface area (Å²) in [6.45, 7) is 0. The third-order valence-corrected chi connectivity index (χ3v) is 4.33. The third kappa shape index (κ3) is 1.62. The van der Waals surface area contributed by atoms with Crippen LogP contribution in [0.3, 0.4) is 0 Å². The van der Waals surface area contributed by atoms with Gasteiger partial charge in [0.15, 0.2) is 0 Å². The van der Waals surface area contributed by atoms with Crippen molar-refractivity contribution in [1.82, 2.24) is 0 Å². The zero-order chi connectivity index (χ0) is 12.9. The van der Waals surface area contributed by atoms with Gasteiger partial charge in [-0.25, -0.2) is 4.79 Å². The average Bonchev–Trinajstić information content (AvgIpc) is 2.81. The molecule has 0 spiro atoms. The molecular weight excluding hydrogens is 273 g/mol. The molecule has 18 heavy (non-hydrogen) atoms. The van der Waals surface area contributed by atoms with Gasteiger partial charge in [0.2, 0.25) is 0 Å². The van der Waals surface area contributed by atoms with Crippen LogP contribution in [0.4, 0.5) is 5.69 Å². The summed E-state index contributed by atoms with van der Waals surface area (Å²) in [5, 5.41) is 13.5. The maximum absolute atomic E-state index is 11.3. The highest BCUT2D eigenvalue weighted by molar-refractivity contribution is 6.36. The number of halogens is 2. The Morgan fingerprint density at radius 1 is 1.33 bits per heavy atom. The number of anilines is 1. The Hall–Kier alpha value is -1.19. The second-order valence-electron chi connectivity index (χ2n) is 4.63. The molecule has 2 aliphatic rings. The zero-order valence-electron chi connectivity index (χ0n) is 9.36.